The highest BCUT2D eigenvalue weighted by Gasteiger charge is 2.61. The van der Waals surface area contributed by atoms with Gasteiger partial charge in [0.25, 0.3) is 0 Å². The Labute approximate surface area is 121 Å². The number of sulfone groups is 1. The van der Waals surface area contributed by atoms with Gasteiger partial charge in [0.2, 0.25) is 0 Å². The molecule has 0 saturated carbocycles. The first-order valence-corrected chi connectivity index (χ1v) is 8.90. The normalized spacial score (nSPS) is 40.1. The molecule has 0 aliphatic carbocycles. The van der Waals surface area contributed by atoms with Crippen LogP contribution in [0.3, 0.4) is 0 Å². The molecule has 4 atom stereocenters. The van der Waals surface area contributed by atoms with E-state index in [9.17, 15) is 8.42 Å². The average Bonchev–Trinajstić information content (AvgIpc) is 2.82. The minimum absolute atomic E-state index is 0.0754. The molecule has 2 saturated heterocycles. The Balaban J connectivity index is 1.89. The Morgan fingerprint density at radius 1 is 1.15 bits per heavy atom. The van der Waals surface area contributed by atoms with Crippen molar-refractivity contribution < 1.29 is 13.2 Å². The predicted octanol–water partition coefficient (Wildman–Crippen LogP) is 3.05. The van der Waals surface area contributed by atoms with Gasteiger partial charge in [0, 0.05) is 5.92 Å². The monoisotopic (exact) mass is 294 g/mol. The van der Waals surface area contributed by atoms with Gasteiger partial charge in [-0.05, 0) is 44.7 Å². The molecule has 20 heavy (non-hydrogen) atoms. The molecule has 0 unspecified atom stereocenters. The van der Waals surface area contributed by atoms with Gasteiger partial charge in [-0.1, -0.05) is 25.1 Å². The number of benzene rings is 1. The minimum Gasteiger partial charge on any atom is -0.368 e. The topological polar surface area (TPSA) is 43.4 Å². The molecule has 3 nitrogen and oxygen atoms in total. The van der Waals surface area contributed by atoms with E-state index < -0.39 is 9.84 Å². The lowest BCUT2D eigenvalue weighted by atomic mass is 9.69. The van der Waals surface area contributed by atoms with E-state index in [1.807, 2.05) is 6.07 Å². The molecular weight excluding hydrogens is 272 g/mol. The maximum atomic E-state index is 12.6. The SMILES string of the molecule is C[C@@H]1[C@@H](CS(=O)(=O)c2ccccc2)[C@@]2(C)CC[C@]1(C)O2. The van der Waals surface area contributed by atoms with Gasteiger partial charge in [0.1, 0.15) is 0 Å². The van der Waals surface area contributed by atoms with E-state index in [4.69, 9.17) is 4.74 Å². The van der Waals surface area contributed by atoms with Crippen LogP contribution in [-0.2, 0) is 14.6 Å². The van der Waals surface area contributed by atoms with Crippen LogP contribution in [0, 0.1) is 11.8 Å². The van der Waals surface area contributed by atoms with Crippen LogP contribution in [0.1, 0.15) is 33.6 Å². The maximum Gasteiger partial charge on any atom is 0.178 e. The zero-order valence-corrected chi connectivity index (χ0v) is 13.1. The summed E-state index contributed by atoms with van der Waals surface area (Å²) in [5, 5.41) is 0. The lowest BCUT2D eigenvalue weighted by molar-refractivity contribution is -0.0409. The summed E-state index contributed by atoms with van der Waals surface area (Å²) < 4.78 is 31.4. The quantitative estimate of drug-likeness (QED) is 0.860. The standard InChI is InChI=1S/C16H22O3S/c1-12-14(16(3)10-9-15(12,2)19-16)11-20(17,18)13-7-5-4-6-8-13/h4-8,12,14H,9-11H2,1-3H3/t12-,14-,15+,16-/m1/s1. The molecular formula is C16H22O3S. The molecule has 2 aliphatic heterocycles. The Morgan fingerprint density at radius 3 is 2.30 bits per heavy atom. The van der Waals surface area contributed by atoms with Crippen molar-refractivity contribution in [2.75, 3.05) is 5.75 Å². The predicted molar refractivity (Wildman–Crippen MR) is 78.3 cm³/mol. The fraction of sp³-hybridized carbons (Fsp3) is 0.625. The maximum absolute atomic E-state index is 12.6. The second kappa shape index (κ2) is 4.31. The Bertz CT molecular complexity index is 610. The van der Waals surface area contributed by atoms with Crippen LogP contribution in [0.4, 0.5) is 0 Å². The third-order valence-electron chi connectivity index (χ3n) is 5.44. The highest BCUT2D eigenvalue weighted by atomic mass is 32.2. The summed E-state index contributed by atoms with van der Waals surface area (Å²) in [7, 11) is -3.24. The van der Waals surface area contributed by atoms with Crippen molar-refractivity contribution in [3.63, 3.8) is 0 Å². The molecule has 2 heterocycles. The Morgan fingerprint density at radius 2 is 1.75 bits per heavy atom. The second-order valence-corrected chi connectivity index (χ2v) is 8.75. The lowest BCUT2D eigenvalue weighted by Gasteiger charge is -2.34. The number of ether oxygens (including phenoxy) is 1. The van der Waals surface area contributed by atoms with Crippen LogP contribution >= 0.6 is 0 Å². The molecule has 0 aromatic heterocycles. The Kier molecular flexibility index (Phi) is 3.04. The largest absolute Gasteiger partial charge is 0.368 e. The highest BCUT2D eigenvalue weighted by molar-refractivity contribution is 7.91. The number of fused-ring (bicyclic) bond motifs is 2. The van der Waals surface area contributed by atoms with E-state index in [2.05, 4.69) is 20.8 Å². The molecule has 2 aliphatic rings. The first kappa shape index (κ1) is 14.1. The van der Waals surface area contributed by atoms with Gasteiger partial charge in [-0.15, -0.1) is 0 Å². The molecule has 3 rings (SSSR count). The third-order valence-corrected chi connectivity index (χ3v) is 7.22. The van der Waals surface area contributed by atoms with Gasteiger partial charge < -0.3 is 4.74 Å². The second-order valence-electron chi connectivity index (χ2n) is 6.72. The highest BCUT2D eigenvalue weighted by Crippen LogP contribution is 2.57. The van der Waals surface area contributed by atoms with Crippen LogP contribution < -0.4 is 0 Å². The summed E-state index contributed by atoms with van der Waals surface area (Å²) in [5.74, 6) is 0.538. The molecule has 0 N–H and O–H groups in total. The van der Waals surface area contributed by atoms with Crippen LogP contribution in [0.15, 0.2) is 35.2 Å². The van der Waals surface area contributed by atoms with E-state index in [1.54, 1.807) is 24.3 Å². The molecule has 4 heteroatoms. The molecule has 110 valence electrons. The molecule has 0 radical (unpaired) electrons. The number of rotatable bonds is 3. The Hall–Kier alpha value is -0.870. The van der Waals surface area contributed by atoms with Crippen molar-refractivity contribution in [2.45, 2.75) is 49.7 Å². The van der Waals surface area contributed by atoms with Crippen molar-refractivity contribution >= 4 is 9.84 Å². The van der Waals surface area contributed by atoms with E-state index in [0.717, 1.165) is 12.8 Å². The summed E-state index contributed by atoms with van der Waals surface area (Å²) in [6.45, 7) is 6.33. The minimum atomic E-state index is -3.24. The first-order chi connectivity index (χ1) is 9.27. The smallest absolute Gasteiger partial charge is 0.178 e. The summed E-state index contributed by atoms with van der Waals surface area (Å²) >= 11 is 0. The van der Waals surface area contributed by atoms with E-state index in [0.29, 0.717) is 4.90 Å². The summed E-state index contributed by atoms with van der Waals surface area (Å²) in [6.07, 6.45) is 2.00. The summed E-state index contributed by atoms with van der Waals surface area (Å²) in [6, 6.07) is 8.74. The van der Waals surface area contributed by atoms with Gasteiger partial charge in [0.15, 0.2) is 9.84 Å². The first-order valence-electron chi connectivity index (χ1n) is 7.25. The van der Waals surface area contributed by atoms with Gasteiger partial charge in [-0.3, -0.25) is 0 Å². The number of hydrogen-bond acceptors (Lipinski definition) is 3. The van der Waals surface area contributed by atoms with Crippen molar-refractivity contribution in [3.05, 3.63) is 30.3 Å². The molecule has 2 bridgehead atoms. The van der Waals surface area contributed by atoms with Crippen molar-refractivity contribution in [1.82, 2.24) is 0 Å². The van der Waals surface area contributed by atoms with Crippen LogP contribution in [0.5, 0.6) is 0 Å². The molecule has 2 fully saturated rings. The van der Waals surface area contributed by atoms with E-state index in [-0.39, 0.29) is 28.8 Å². The van der Waals surface area contributed by atoms with Crippen LogP contribution in [0.25, 0.3) is 0 Å². The zero-order valence-electron chi connectivity index (χ0n) is 12.3. The molecule has 1 aromatic rings. The van der Waals surface area contributed by atoms with Crippen molar-refractivity contribution in [2.24, 2.45) is 11.8 Å². The molecule has 0 spiro atoms. The molecule has 0 amide bonds. The van der Waals surface area contributed by atoms with Gasteiger partial charge in [-0.25, -0.2) is 8.42 Å². The lowest BCUT2D eigenvalue weighted by Crippen LogP contribution is -2.40. The van der Waals surface area contributed by atoms with Gasteiger partial charge in [-0.2, -0.15) is 0 Å². The fourth-order valence-corrected chi connectivity index (χ4v) is 5.83. The summed E-state index contributed by atoms with van der Waals surface area (Å²) in [4.78, 5) is 0.420. The molecule has 1 aromatic carbocycles. The fourth-order valence-electron chi connectivity index (χ4n) is 3.95. The van der Waals surface area contributed by atoms with E-state index in [1.165, 1.54) is 0 Å². The zero-order chi connectivity index (χ0) is 14.6. The van der Waals surface area contributed by atoms with Crippen molar-refractivity contribution in [1.29, 1.82) is 0 Å². The summed E-state index contributed by atoms with van der Waals surface area (Å²) in [5.41, 5.74) is -0.429. The van der Waals surface area contributed by atoms with Crippen LogP contribution in [-0.4, -0.2) is 25.4 Å². The number of hydrogen-bond donors (Lipinski definition) is 0. The van der Waals surface area contributed by atoms with Crippen LogP contribution in [0.2, 0.25) is 0 Å². The average molecular weight is 294 g/mol. The third kappa shape index (κ3) is 2.01. The van der Waals surface area contributed by atoms with E-state index >= 15 is 0 Å². The van der Waals surface area contributed by atoms with Gasteiger partial charge >= 0.3 is 0 Å². The van der Waals surface area contributed by atoms with Crippen molar-refractivity contribution in [3.8, 4) is 0 Å². The van der Waals surface area contributed by atoms with Gasteiger partial charge in [0.05, 0.1) is 21.9 Å².